The van der Waals surface area contributed by atoms with E-state index in [0.717, 1.165) is 5.56 Å². The lowest BCUT2D eigenvalue weighted by molar-refractivity contribution is -0.384. The van der Waals surface area contributed by atoms with Crippen LogP contribution in [-0.2, 0) is 5.54 Å². The lowest BCUT2D eigenvalue weighted by Gasteiger charge is -2.30. The van der Waals surface area contributed by atoms with Gasteiger partial charge in [-0.1, -0.05) is 43.3 Å². The molecule has 1 atom stereocenters. The number of hydrogen-bond donors (Lipinski definition) is 1. The third-order valence-corrected chi connectivity index (χ3v) is 4.18. The Labute approximate surface area is 135 Å². The number of nitro groups is 1. The molecule has 1 amide bonds. The minimum Gasteiger partial charge on any atom is -0.343 e. The van der Waals surface area contributed by atoms with Gasteiger partial charge in [0.2, 0.25) is 0 Å². The van der Waals surface area contributed by atoms with Crippen LogP contribution in [-0.4, -0.2) is 10.8 Å². The molecule has 23 heavy (non-hydrogen) atoms. The smallest absolute Gasteiger partial charge is 0.270 e. The molecule has 1 N–H and O–H groups in total. The first kappa shape index (κ1) is 16.7. The van der Waals surface area contributed by atoms with Crippen molar-refractivity contribution in [2.24, 2.45) is 0 Å². The van der Waals surface area contributed by atoms with E-state index in [9.17, 15) is 14.9 Å². The van der Waals surface area contributed by atoms with E-state index >= 15 is 0 Å². The fraction of sp³-hybridized carbons (Fsp3) is 0.278. The second-order valence-electron chi connectivity index (χ2n) is 5.76. The monoisotopic (exact) mass is 312 g/mol. The Morgan fingerprint density at radius 1 is 1.22 bits per heavy atom. The van der Waals surface area contributed by atoms with E-state index in [1.807, 2.05) is 44.2 Å². The topological polar surface area (TPSA) is 72.2 Å². The molecule has 0 bridgehead atoms. The Balaban J connectivity index is 2.34. The highest BCUT2D eigenvalue weighted by molar-refractivity contribution is 5.96. The van der Waals surface area contributed by atoms with Crippen molar-refractivity contribution in [3.05, 3.63) is 75.3 Å². The molecular formula is C18H20N2O3. The number of hydrogen-bond acceptors (Lipinski definition) is 3. The highest BCUT2D eigenvalue weighted by atomic mass is 16.6. The van der Waals surface area contributed by atoms with Crippen LogP contribution < -0.4 is 5.32 Å². The molecule has 5 heteroatoms. The molecule has 2 rings (SSSR count). The molecule has 0 aliphatic carbocycles. The molecule has 0 saturated heterocycles. The summed E-state index contributed by atoms with van der Waals surface area (Å²) in [5.41, 5.74) is 1.42. The van der Waals surface area contributed by atoms with Crippen molar-refractivity contribution >= 4 is 11.6 Å². The van der Waals surface area contributed by atoms with E-state index in [1.165, 1.54) is 12.1 Å². The molecule has 0 spiro atoms. The first-order valence-electron chi connectivity index (χ1n) is 7.50. The number of benzene rings is 2. The summed E-state index contributed by atoms with van der Waals surface area (Å²) in [6.45, 7) is 5.71. The average Bonchev–Trinajstić information content (AvgIpc) is 2.55. The van der Waals surface area contributed by atoms with E-state index in [2.05, 4.69) is 5.32 Å². The molecular weight excluding hydrogens is 292 g/mol. The largest absolute Gasteiger partial charge is 0.343 e. The molecule has 0 radical (unpaired) electrons. The number of nitrogens with one attached hydrogen (secondary N) is 1. The van der Waals surface area contributed by atoms with Gasteiger partial charge in [-0.2, -0.15) is 0 Å². The second kappa shape index (κ2) is 6.60. The van der Waals surface area contributed by atoms with Crippen LogP contribution in [0.1, 0.15) is 41.8 Å². The van der Waals surface area contributed by atoms with Crippen molar-refractivity contribution in [2.45, 2.75) is 32.7 Å². The maximum absolute atomic E-state index is 12.7. The maximum Gasteiger partial charge on any atom is 0.270 e. The predicted octanol–water partition coefficient (Wildman–Crippen LogP) is 3.96. The Hall–Kier alpha value is -2.69. The van der Waals surface area contributed by atoms with Gasteiger partial charge in [-0.3, -0.25) is 14.9 Å². The zero-order valence-electron chi connectivity index (χ0n) is 13.5. The summed E-state index contributed by atoms with van der Waals surface area (Å²) in [4.78, 5) is 23.1. The lowest BCUT2D eigenvalue weighted by atomic mass is 9.88. The lowest BCUT2D eigenvalue weighted by Crippen LogP contribution is -2.43. The Morgan fingerprint density at radius 3 is 2.43 bits per heavy atom. The Bertz CT molecular complexity index is 728. The number of nitro benzene ring substituents is 1. The first-order chi connectivity index (χ1) is 10.9. The Morgan fingerprint density at radius 2 is 1.87 bits per heavy atom. The van der Waals surface area contributed by atoms with Crippen molar-refractivity contribution in [3.63, 3.8) is 0 Å². The maximum atomic E-state index is 12.7. The van der Waals surface area contributed by atoms with Crippen LogP contribution in [0.5, 0.6) is 0 Å². The van der Waals surface area contributed by atoms with Crippen LogP contribution in [0, 0.1) is 17.0 Å². The molecule has 0 aromatic heterocycles. The van der Waals surface area contributed by atoms with Crippen molar-refractivity contribution in [3.8, 4) is 0 Å². The van der Waals surface area contributed by atoms with E-state index in [4.69, 9.17) is 0 Å². The van der Waals surface area contributed by atoms with Crippen molar-refractivity contribution < 1.29 is 9.72 Å². The average molecular weight is 312 g/mol. The van der Waals surface area contributed by atoms with Crippen molar-refractivity contribution in [1.82, 2.24) is 5.32 Å². The molecule has 1 unspecified atom stereocenters. The summed E-state index contributed by atoms with van der Waals surface area (Å²) < 4.78 is 0. The molecule has 0 aliphatic heterocycles. The summed E-state index contributed by atoms with van der Waals surface area (Å²) >= 11 is 0. The fourth-order valence-corrected chi connectivity index (χ4v) is 2.46. The molecule has 2 aromatic rings. The molecule has 0 saturated carbocycles. The van der Waals surface area contributed by atoms with Crippen molar-refractivity contribution in [2.75, 3.05) is 0 Å². The summed E-state index contributed by atoms with van der Waals surface area (Å²) in [5.74, 6) is -0.306. The minimum atomic E-state index is -0.532. The molecule has 5 nitrogen and oxygen atoms in total. The standard InChI is InChI=1S/C18H20N2O3/c1-4-18(3,14-8-6-5-7-9-14)19-17(21)16-12-15(20(22)23)11-10-13(16)2/h5-12H,4H2,1-3H3,(H,19,21). The number of amides is 1. The van der Waals surface area contributed by atoms with Crippen LogP contribution in [0.15, 0.2) is 48.5 Å². The number of aryl methyl sites for hydroxylation is 1. The highest BCUT2D eigenvalue weighted by Crippen LogP contribution is 2.26. The second-order valence-corrected chi connectivity index (χ2v) is 5.76. The third-order valence-electron chi connectivity index (χ3n) is 4.18. The van der Waals surface area contributed by atoms with Crippen LogP contribution in [0.3, 0.4) is 0 Å². The van der Waals surface area contributed by atoms with Gasteiger partial charge in [-0.25, -0.2) is 0 Å². The summed E-state index contributed by atoms with van der Waals surface area (Å²) in [7, 11) is 0. The fourth-order valence-electron chi connectivity index (χ4n) is 2.46. The number of non-ortho nitro benzene ring substituents is 1. The van der Waals surface area contributed by atoms with E-state index in [-0.39, 0.29) is 11.6 Å². The van der Waals surface area contributed by atoms with Gasteiger partial charge in [-0.05, 0) is 31.4 Å². The summed E-state index contributed by atoms with van der Waals surface area (Å²) in [5, 5.41) is 13.9. The van der Waals surface area contributed by atoms with Gasteiger partial charge in [0.1, 0.15) is 0 Å². The van der Waals surface area contributed by atoms with Gasteiger partial charge in [0.15, 0.2) is 0 Å². The molecule has 2 aromatic carbocycles. The molecule has 120 valence electrons. The van der Waals surface area contributed by atoms with Gasteiger partial charge in [-0.15, -0.1) is 0 Å². The highest BCUT2D eigenvalue weighted by Gasteiger charge is 2.28. The van der Waals surface area contributed by atoms with Gasteiger partial charge < -0.3 is 5.32 Å². The SMILES string of the molecule is CCC(C)(NC(=O)c1cc([N+](=O)[O-])ccc1C)c1ccccc1. The third kappa shape index (κ3) is 3.56. The number of rotatable bonds is 5. The number of nitrogens with zero attached hydrogens (tertiary/aromatic N) is 1. The van der Waals surface area contributed by atoms with Crippen LogP contribution >= 0.6 is 0 Å². The minimum absolute atomic E-state index is 0.0846. The van der Waals surface area contributed by atoms with Gasteiger partial charge >= 0.3 is 0 Å². The zero-order chi connectivity index (χ0) is 17.0. The van der Waals surface area contributed by atoms with Gasteiger partial charge in [0.05, 0.1) is 10.5 Å². The molecule has 0 fully saturated rings. The zero-order valence-corrected chi connectivity index (χ0v) is 13.5. The quantitative estimate of drug-likeness (QED) is 0.671. The van der Waals surface area contributed by atoms with Crippen LogP contribution in [0.4, 0.5) is 5.69 Å². The Kier molecular flexibility index (Phi) is 4.79. The summed E-state index contributed by atoms with van der Waals surface area (Å²) in [6.07, 6.45) is 0.705. The van der Waals surface area contributed by atoms with Crippen LogP contribution in [0.25, 0.3) is 0 Å². The van der Waals surface area contributed by atoms with Crippen LogP contribution in [0.2, 0.25) is 0 Å². The van der Waals surface area contributed by atoms with Gasteiger partial charge in [0.25, 0.3) is 11.6 Å². The molecule has 0 heterocycles. The number of carbonyl (C=O) groups is 1. The molecule has 0 aliphatic rings. The number of carbonyl (C=O) groups excluding carboxylic acids is 1. The van der Waals surface area contributed by atoms with E-state index in [1.54, 1.807) is 13.0 Å². The van der Waals surface area contributed by atoms with E-state index < -0.39 is 10.5 Å². The van der Waals surface area contributed by atoms with Crippen molar-refractivity contribution in [1.29, 1.82) is 0 Å². The predicted molar refractivity (Wildman–Crippen MR) is 89.4 cm³/mol. The summed E-state index contributed by atoms with van der Waals surface area (Å²) in [6, 6.07) is 14.0. The first-order valence-corrected chi connectivity index (χ1v) is 7.50. The van der Waals surface area contributed by atoms with E-state index in [0.29, 0.717) is 17.5 Å². The normalized spacial score (nSPS) is 13.2. The van der Waals surface area contributed by atoms with Gasteiger partial charge in [0, 0.05) is 17.7 Å².